The van der Waals surface area contributed by atoms with Gasteiger partial charge in [0.25, 0.3) is 0 Å². The Balaban J connectivity index is 1.74. The Labute approximate surface area is 265 Å². The van der Waals surface area contributed by atoms with Gasteiger partial charge in [-0.3, -0.25) is 24.2 Å². The molecule has 244 valence electrons. The highest BCUT2D eigenvalue weighted by atomic mass is 16.6. The number of nitrogens with zero attached hydrogens (tertiary/aromatic N) is 3. The number of likely N-dealkylation sites (N-methyl/N-ethyl adjacent to an activating group) is 1. The van der Waals surface area contributed by atoms with E-state index in [9.17, 15) is 24.0 Å². The number of hydrogen-bond acceptors (Lipinski definition) is 7. The molecule has 0 saturated carbocycles. The molecular weight excluding hydrogens is 576 g/mol. The number of hydrogen-bond donors (Lipinski definition) is 3. The molecule has 0 spiro atoms. The van der Waals surface area contributed by atoms with Gasteiger partial charge in [-0.2, -0.15) is 0 Å². The van der Waals surface area contributed by atoms with E-state index in [0.29, 0.717) is 19.4 Å². The molecule has 1 aromatic heterocycles. The van der Waals surface area contributed by atoms with Gasteiger partial charge in [0.1, 0.15) is 29.3 Å². The summed E-state index contributed by atoms with van der Waals surface area (Å²) in [5, 5.41) is 8.27. The minimum Gasteiger partial charge on any atom is -0.444 e. The number of nitrogens with one attached hydrogen (secondary N) is 3. The average Bonchev–Trinajstić information content (AvgIpc) is 3.46. The molecule has 3 atom stereocenters. The smallest absolute Gasteiger partial charge is 0.408 e. The van der Waals surface area contributed by atoms with Crippen LogP contribution in [0.15, 0.2) is 54.9 Å². The molecule has 5 amide bonds. The van der Waals surface area contributed by atoms with Crippen LogP contribution in [0.4, 0.5) is 4.79 Å². The zero-order chi connectivity index (χ0) is 33.4. The summed E-state index contributed by atoms with van der Waals surface area (Å²) in [6.45, 7) is 8.59. The lowest BCUT2D eigenvalue weighted by Crippen LogP contribution is -2.62. The van der Waals surface area contributed by atoms with Crippen molar-refractivity contribution in [2.45, 2.75) is 89.6 Å². The number of amides is 5. The van der Waals surface area contributed by atoms with Gasteiger partial charge in [-0.15, -0.1) is 0 Å². The fourth-order valence-corrected chi connectivity index (χ4v) is 5.06. The van der Waals surface area contributed by atoms with Crippen LogP contribution in [0.3, 0.4) is 0 Å². The summed E-state index contributed by atoms with van der Waals surface area (Å²) in [4.78, 5) is 73.5. The molecule has 0 aliphatic carbocycles. The third-order valence-electron chi connectivity index (χ3n) is 7.32. The normalized spacial score (nSPS) is 16.2. The van der Waals surface area contributed by atoms with Crippen LogP contribution in [-0.2, 0) is 36.8 Å². The van der Waals surface area contributed by atoms with Crippen LogP contribution in [0.25, 0.3) is 0 Å². The third kappa shape index (κ3) is 10.3. The van der Waals surface area contributed by atoms with E-state index in [1.54, 1.807) is 73.2 Å². The zero-order valence-electron chi connectivity index (χ0n) is 27.3. The molecule has 1 aromatic carbocycles. The van der Waals surface area contributed by atoms with Crippen LogP contribution in [0, 0.1) is 0 Å². The second-order valence-electron chi connectivity index (χ2n) is 13.0. The summed E-state index contributed by atoms with van der Waals surface area (Å²) < 4.78 is 5.40. The molecule has 2 aromatic rings. The number of benzene rings is 1. The lowest BCUT2D eigenvalue weighted by molar-refractivity contribution is -0.142. The monoisotopic (exact) mass is 622 g/mol. The summed E-state index contributed by atoms with van der Waals surface area (Å²) in [5.74, 6) is -1.76. The predicted octanol–water partition coefficient (Wildman–Crippen LogP) is 2.22. The molecule has 3 rings (SSSR count). The Kier molecular flexibility index (Phi) is 11.7. The molecule has 0 bridgehead atoms. The maximum atomic E-state index is 13.9. The predicted molar refractivity (Wildman–Crippen MR) is 169 cm³/mol. The summed E-state index contributed by atoms with van der Waals surface area (Å²) in [6, 6.07) is 10.2. The van der Waals surface area contributed by atoms with E-state index in [2.05, 4.69) is 20.9 Å². The van der Waals surface area contributed by atoms with Crippen LogP contribution in [0.2, 0.25) is 0 Å². The van der Waals surface area contributed by atoms with Crippen molar-refractivity contribution in [1.29, 1.82) is 0 Å². The SMILES string of the molecule is CN(C)C(=O)[C@H](Cc1ccccc1)NC(=O)C(C)(C)NC(=O)[C@@H]1CCCN1C(=O)[C@H](Cc1cccnc1)NC(=O)OC(C)(C)C. The Bertz CT molecular complexity index is 1340. The maximum Gasteiger partial charge on any atom is 0.408 e. The van der Waals surface area contributed by atoms with Gasteiger partial charge in [0.05, 0.1) is 0 Å². The molecule has 12 nitrogen and oxygen atoms in total. The number of carbonyl (C=O) groups excluding carboxylic acids is 5. The molecule has 2 heterocycles. The summed E-state index contributed by atoms with van der Waals surface area (Å²) in [6.07, 6.45) is 3.85. The first-order valence-corrected chi connectivity index (χ1v) is 15.1. The largest absolute Gasteiger partial charge is 0.444 e. The fraction of sp³-hybridized carbons (Fsp3) is 0.515. The van der Waals surface area contributed by atoms with Crippen molar-refractivity contribution in [3.63, 3.8) is 0 Å². The third-order valence-corrected chi connectivity index (χ3v) is 7.32. The topological polar surface area (TPSA) is 150 Å². The summed E-state index contributed by atoms with van der Waals surface area (Å²) in [7, 11) is 3.23. The number of rotatable bonds is 11. The van der Waals surface area contributed by atoms with Gasteiger partial charge in [0.15, 0.2) is 0 Å². The van der Waals surface area contributed by atoms with E-state index in [-0.39, 0.29) is 18.7 Å². The quantitative estimate of drug-likeness (QED) is 0.348. The standard InChI is InChI=1S/C33H46N6O6/c1-32(2,3)45-31(44)36-25(20-23-15-11-17-34-21-23)29(42)39-18-12-16-26(39)27(40)37-33(4,5)30(43)35-24(28(41)38(6)7)19-22-13-9-8-10-14-22/h8-11,13-15,17,21,24-26H,12,16,18-20H2,1-7H3,(H,35,43)(H,36,44)(H,37,40)/t24-,25-,26-/m0/s1. The number of alkyl carbamates (subject to hydrolysis) is 1. The van der Waals surface area contributed by atoms with E-state index >= 15 is 0 Å². The first-order valence-electron chi connectivity index (χ1n) is 15.1. The van der Waals surface area contributed by atoms with E-state index in [1.165, 1.54) is 9.80 Å². The highest BCUT2D eigenvalue weighted by Gasteiger charge is 2.41. The summed E-state index contributed by atoms with van der Waals surface area (Å²) in [5.41, 5.74) is -0.575. The first kappa shape index (κ1) is 35.0. The first-order chi connectivity index (χ1) is 21.1. The van der Waals surface area contributed by atoms with E-state index in [4.69, 9.17) is 4.74 Å². The van der Waals surface area contributed by atoms with Crippen LogP contribution >= 0.6 is 0 Å². The summed E-state index contributed by atoms with van der Waals surface area (Å²) >= 11 is 0. The Morgan fingerprint density at radius 3 is 2.18 bits per heavy atom. The fourth-order valence-electron chi connectivity index (χ4n) is 5.06. The number of pyridine rings is 1. The number of likely N-dealkylation sites (tertiary alicyclic amines) is 1. The van der Waals surface area contributed by atoms with Gasteiger partial charge >= 0.3 is 6.09 Å². The Hall–Kier alpha value is -4.48. The van der Waals surface area contributed by atoms with Crippen molar-refractivity contribution in [1.82, 2.24) is 30.7 Å². The van der Waals surface area contributed by atoms with Crippen molar-refractivity contribution in [3.8, 4) is 0 Å². The van der Waals surface area contributed by atoms with Crippen molar-refractivity contribution >= 4 is 29.7 Å². The molecule has 0 radical (unpaired) electrons. The van der Waals surface area contributed by atoms with E-state index in [1.807, 2.05) is 30.3 Å². The van der Waals surface area contributed by atoms with Crippen LogP contribution < -0.4 is 16.0 Å². The lowest BCUT2D eigenvalue weighted by Gasteiger charge is -2.33. The Morgan fingerprint density at radius 1 is 0.933 bits per heavy atom. The van der Waals surface area contributed by atoms with Crippen molar-refractivity contribution in [3.05, 3.63) is 66.0 Å². The van der Waals surface area contributed by atoms with Crippen molar-refractivity contribution < 1.29 is 28.7 Å². The number of carbonyl (C=O) groups is 5. The van der Waals surface area contributed by atoms with E-state index in [0.717, 1.165) is 11.1 Å². The highest BCUT2D eigenvalue weighted by molar-refractivity contribution is 5.97. The number of ether oxygens (including phenoxy) is 1. The molecule has 3 N–H and O–H groups in total. The lowest BCUT2D eigenvalue weighted by atomic mass is 9.99. The molecule has 1 fully saturated rings. The van der Waals surface area contributed by atoms with Gasteiger partial charge in [0.2, 0.25) is 23.6 Å². The van der Waals surface area contributed by atoms with Gasteiger partial charge < -0.3 is 30.5 Å². The van der Waals surface area contributed by atoms with Gasteiger partial charge in [-0.25, -0.2) is 4.79 Å². The van der Waals surface area contributed by atoms with Crippen LogP contribution in [0.5, 0.6) is 0 Å². The second kappa shape index (κ2) is 15.0. The maximum absolute atomic E-state index is 13.9. The second-order valence-corrected chi connectivity index (χ2v) is 13.0. The Morgan fingerprint density at radius 2 is 1.58 bits per heavy atom. The molecular formula is C33H46N6O6. The van der Waals surface area contributed by atoms with Gasteiger partial charge in [0, 0.05) is 45.9 Å². The highest BCUT2D eigenvalue weighted by Crippen LogP contribution is 2.21. The molecule has 1 aliphatic rings. The van der Waals surface area contributed by atoms with Crippen molar-refractivity contribution in [2.24, 2.45) is 0 Å². The molecule has 1 aliphatic heterocycles. The van der Waals surface area contributed by atoms with Crippen LogP contribution in [-0.4, -0.2) is 94.4 Å². The average molecular weight is 623 g/mol. The molecule has 45 heavy (non-hydrogen) atoms. The van der Waals surface area contributed by atoms with Crippen LogP contribution in [0.1, 0.15) is 58.6 Å². The zero-order valence-corrected chi connectivity index (χ0v) is 27.3. The van der Waals surface area contributed by atoms with Gasteiger partial charge in [-0.05, 0) is 64.7 Å². The van der Waals surface area contributed by atoms with Crippen molar-refractivity contribution in [2.75, 3.05) is 20.6 Å². The molecule has 0 unspecified atom stereocenters. The minimum atomic E-state index is -1.40. The minimum absolute atomic E-state index is 0.146. The number of aromatic nitrogens is 1. The van der Waals surface area contributed by atoms with E-state index < -0.39 is 53.1 Å². The molecule has 12 heteroatoms. The molecule has 1 saturated heterocycles. The van der Waals surface area contributed by atoms with Gasteiger partial charge in [-0.1, -0.05) is 36.4 Å².